The highest BCUT2D eigenvalue weighted by Gasteiger charge is 2.15. The van der Waals surface area contributed by atoms with Crippen LogP contribution in [0.3, 0.4) is 0 Å². The maximum atomic E-state index is 4.27. The Hall–Kier alpha value is -1.80. The maximum Gasteiger partial charge on any atom is 0.352 e. The molecule has 0 aromatic rings. The molecule has 1 unspecified atom stereocenters. The van der Waals surface area contributed by atoms with Crippen LogP contribution in [0, 0.1) is 5.92 Å². The molecule has 4 N–H and O–H groups in total. The van der Waals surface area contributed by atoms with Crippen molar-refractivity contribution in [2.45, 2.75) is 39.9 Å². The molecule has 0 spiro atoms. The lowest BCUT2D eigenvalue weighted by atomic mass is 9.97. The highest BCUT2D eigenvalue weighted by atomic mass is 32.2. The topological polar surface area (TPSA) is 58.2 Å². The first-order valence-corrected chi connectivity index (χ1v) is 14.0. The number of rotatable bonds is 10. The summed E-state index contributed by atoms with van der Waals surface area (Å²) in [5.74, 6) is 1.44. The Labute approximate surface area is 224 Å². The summed E-state index contributed by atoms with van der Waals surface area (Å²) in [6.07, 6.45) is 18.6. The fourth-order valence-corrected chi connectivity index (χ4v) is 4.06. The zero-order valence-electron chi connectivity index (χ0n) is 22.9. The fraction of sp³-hybridized carbons (Fsp3) is 0.500. The molecule has 1 heterocycles. The van der Waals surface area contributed by atoms with Crippen LogP contribution in [0.2, 0.25) is 0 Å². The zero-order valence-corrected chi connectivity index (χ0v) is 24.6. The van der Waals surface area contributed by atoms with Crippen LogP contribution in [0.5, 0.6) is 0 Å². The van der Waals surface area contributed by atoms with E-state index in [0.717, 1.165) is 37.1 Å². The predicted molar refractivity (Wildman–Crippen MR) is 162 cm³/mol. The van der Waals surface area contributed by atoms with Crippen molar-refractivity contribution >= 4 is 35.8 Å². The summed E-state index contributed by atoms with van der Waals surface area (Å²) in [4.78, 5) is 9.62. The molecule has 1 aliphatic rings. The third-order valence-corrected chi connectivity index (χ3v) is 6.62. The molecule has 1 rings (SSSR count). The minimum Gasteiger partial charge on any atom is -0.369 e. The summed E-state index contributed by atoms with van der Waals surface area (Å²) in [5, 5.41) is 6.78. The van der Waals surface area contributed by atoms with E-state index in [-0.39, 0.29) is 0 Å². The highest BCUT2D eigenvalue weighted by Crippen LogP contribution is 2.22. The SMILES string of the molecule is C=C/C=N\C(=[NH+]C)SCC(C)S.C\C=C/C(=C(/C=C/C(/C=C\[NH2+]C)=C/C)C(C)C)N1CCNCC1. The van der Waals surface area contributed by atoms with Crippen molar-refractivity contribution in [3.05, 3.63) is 72.2 Å². The van der Waals surface area contributed by atoms with Crippen molar-refractivity contribution in [2.75, 3.05) is 46.0 Å². The molecular formula is C28H49N5S2+2. The monoisotopic (exact) mass is 519 g/mol. The standard InChI is InChI=1S/C20H33N3.C8H14N2S2/c1-6-8-20(23-15-13-22-14-16-23)19(17(3)4)10-9-18(7-2)11-12-21-5;1-4-5-10-8(9-3)12-6-7(2)11/h6-12,17,21-22H,13-16H2,1-5H3;4-5,7,11H,1,6H2,2-3H3/p+2/b8-6-,10-9+,12-11-,18-7-,20-19+;9-8?,10-5-. The Morgan fingerprint density at radius 1 is 1.17 bits per heavy atom. The molecule has 1 fully saturated rings. The van der Waals surface area contributed by atoms with Crippen LogP contribution in [0.15, 0.2) is 77.1 Å². The number of hydrogen-bond donors (Lipinski definition) is 4. The third kappa shape index (κ3) is 15.7. The number of nitrogens with one attached hydrogen (secondary N) is 2. The third-order valence-electron chi connectivity index (χ3n) is 4.94. The maximum absolute atomic E-state index is 4.27. The molecule has 0 bridgehead atoms. The van der Waals surface area contributed by atoms with Crippen molar-refractivity contribution in [1.29, 1.82) is 0 Å². The molecule has 1 aliphatic heterocycles. The Morgan fingerprint density at radius 2 is 1.86 bits per heavy atom. The minimum atomic E-state index is 0.386. The summed E-state index contributed by atoms with van der Waals surface area (Å²) in [6.45, 7) is 18.6. The number of allylic oxidation sites excluding steroid dienone is 9. The first-order valence-electron chi connectivity index (χ1n) is 12.5. The fourth-order valence-electron chi connectivity index (χ4n) is 3.16. The van der Waals surface area contributed by atoms with Crippen molar-refractivity contribution in [1.82, 2.24) is 10.2 Å². The number of hydrogen-bond acceptors (Lipinski definition) is 4. The minimum absolute atomic E-state index is 0.386. The number of nitrogens with two attached hydrogens (primary N) is 1. The lowest BCUT2D eigenvalue weighted by Crippen LogP contribution is -2.72. The summed E-state index contributed by atoms with van der Waals surface area (Å²) in [5.41, 5.74) is 4.00. The summed E-state index contributed by atoms with van der Waals surface area (Å²) >= 11 is 5.92. The van der Waals surface area contributed by atoms with Gasteiger partial charge in [0.15, 0.2) is 0 Å². The van der Waals surface area contributed by atoms with Gasteiger partial charge in [0.25, 0.3) is 0 Å². The van der Waals surface area contributed by atoms with Gasteiger partial charge in [-0.15, -0.1) is 0 Å². The van der Waals surface area contributed by atoms with Crippen LogP contribution >= 0.6 is 24.4 Å². The van der Waals surface area contributed by atoms with Crippen LogP contribution in [-0.4, -0.2) is 67.6 Å². The zero-order chi connectivity index (χ0) is 26.5. The van der Waals surface area contributed by atoms with Crippen LogP contribution in [0.4, 0.5) is 0 Å². The van der Waals surface area contributed by atoms with Crippen molar-refractivity contribution in [3.63, 3.8) is 0 Å². The Bertz CT molecular complexity index is 796. The molecular weight excluding hydrogens is 470 g/mol. The first-order chi connectivity index (χ1) is 16.8. The number of thiol groups is 1. The van der Waals surface area contributed by atoms with Crippen LogP contribution < -0.4 is 15.6 Å². The molecule has 0 amide bonds. The van der Waals surface area contributed by atoms with Gasteiger partial charge in [0.1, 0.15) is 6.21 Å². The number of nitrogens with zero attached hydrogens (tertiary/aromatic N) is 2. The van der Waals surface area contributed by atoms with E-state index in [1.165, 1.54) is 16.8 Å². The van der Waals surface area contributed by atoms with Gasteiger partial charge in [0, 0.05) is 42.9 Å². The molecule has 1 saturated heterocycles. The second kappa shape index (κ2) is 21.5. The summed E-state index contributed by atoms with van der Waals surface area (Å²) in [7, 11) is 3.90. The number of piperazine rings is 1. The molecule has 0 radical (unpaired) electrons. The van der Waals surface area contributed by atoms with E-state index in [1.807, 2.05) is 14.1 Å². The molecule has 7 heteroatoms. The van der Waals surface area contributed by atoms with Gasteiger partial charge in [-0.05, 0) is 65.9 Å². The second-order valence-corrected chi connectivity index (χ2v) is 10.2. The van der Waals surface area contributed by atoms with E-state index in [0.29, 0.717) is 11.2 Å². The van der Waals surface area contributed by atoms with E-state index in [1.54, 1.807) is 24.1 Å². The van der Waals surface area contributed by atoms with E-state index in [9.17, 15) is 0 Å². The normalized spacial score (nSPS) is 17.5. The Kier molecular flexibility index (Phi) is 20.4. The van der Waals surface area contributed by atoms with Gasteiger partial charge >= 0.3 is 5.17 Å². The highest BCUT2D eigenvalue weighted by molar-refractivity contribution is 8.14. The van der Waals surface area contributed by atoms with Gasteiger partial charge in [0.05, 0.1) is 20.3 Å². The van der Waals surface area contributed by atoms with Gasteiger partial charge in [0.2, 0.25) is 0 Å². The number of aliphatic imine (C=N–C) groups is 1. The molecule has 196 valence electrons. The molecule has 35 heavy (non-hydrogen) atoms. The largest absolute Gasteiger partial charge is 0.369 e. The molecule has 0 aliphatic carbocycles. The van der Waals surface area contributed by atoms with E-state index in [2.05, 4.69) is 122 Å². The van der Waals surface area contributed by atoms with Crippen LogP contribution in [-0.2, 0) is 0 Å². The van der Waals surface area contributed by atoms with Crippen molar-refractivity contribution in [2.24, 2.45) is 10.9 Å². The van der Waals surface area contributed by atoms with Crippen molar-refractivity contribution in [3.8, 4) is 0 Å². The van der Waals surface area contributed by atoms with Gasteiger partial charge in [-0.3, -0.25) is 4.99 Å². The second-order valence-electron chi connectivity index (χ2n) is 8.28. The summed E-state index contributed by atoms with van der Waals surface area (Å²) in [6, 6.07) is 0. The van der Waals surface area contributed by atoms with Gasteiger partial charge in [-0.2, -0.15) is 12.6 Å². The number of amidine groups is 1. The quantitative estimate of drug-likeness (QED) is 0.155. The van der Waals surface area contributed by atoms with Gasteiger partial charge in [-0.1, -0.05) is 51.7 Å². The lowest BCUT2D eigenvalue weighted by Gasteiger charge is -2.32. The molecule has 0 saturated carbocycles. The van der Waals surface area contributed by atoms with Gasteiger partial charge < -0.3 is 15.5 Å². The Balaban J connectivity index is 0.000000814. The Morgan fingerprint density at radius 3 is 2.34 bits per heavy atom. The van der Waals surface area contributed by atoms with Crippen molar-refractivity contribution < 1.29 is 10.3 Å². The van der Waals surface area contributed by atoms with Crippen LogP contribution in [0.25, 0.3) is 0 Å². The lowest BCUT2D eigenvalue weighted by molar-refractivity contribution is -0.556. The summed E-state index contributed by atoms with van der Waals surface area (Å²) < 4.78 is 0. The number of quaternary nitrogens is 1. The van der Waals surface area contributed by atoms with E-state index >= 15 is 0 Å². The predicted octanol–water partition coefficient (Wildman–Crippen LogP) is 2.95. The molecule has 5 nitrogen and oxygen atoms in total. The van der Waals surface area contributed by atoms with Crippen LogP contribution in [0.1, 0.15) is 34.6 Å². The average molecular weight is 520 g/mol. The first kappa shape index (κ1) is 33.2. The van der Waals surface area contributed by atoms with E-state index in [4.69, 9.17) is 0 Å². The van der Waals surface area contributed by atoms with Gasteiger partial charge in [-0.25, -0.2) is 0 Å². The molecule has 0 aromatic carbocycles. The smallest absolute Gasteiger partial charge is 0.352 e. The molecule has 1 atom stereocenters. The number of thioether (sulfide) groups is 1. The molecule has 0 aromatic heterocycles. The van der Waals surface area contributed by atoms with E-state index < -0.39 is 0 Å². The average Bonchev–Trinajstić information content (AvgIpc) is 2.86.